The second kappa shape index (κ2) is 7.97. The zero-order valence-corrected chi connectivity index (χ0v) is 12.9. The van der Waals surface area contributed by atoms with Crippen LogP contribution in [0, 0.1) is 5.82 Å². The fourth-order valence-corrected chi connectivity index (χ4v) is 1.98. The molecular weight excluding hydrogens is 309 g/mol. The van der Waals surface area contributed by atoms with Crippen molar-refractivity contribution in [1.82, 2.24) is 4.98 Å². The highest BCUT2D eigenvalue weighted by atomic mass is 19.1. The number of aromatic nitrogens is 1. The quantitative estimate of drug-likeness (QED) is 0.601. The van der Waals surface area contributed by atoms with Crippen molar-refractivity contribution in [2.45, 2.75) is 0 Å². The minimum absolute atomic E-state index is 0.293. The monoisotopic (exact) mass is 325 g/mol. The Labute approximate surface area is 139 Å². The Balaban J connectivity index is 1.45. The van der Waals surface area contributed by atoms with Gasteiger partial charge in [-0.05, 0) is 54.6 Å². The van der Waals surface area contributed by atoms with Crippen LogP contribution in [-0.2, 0) is 0 Å². The minimum atomic E-state index is -0.293. The van der Waals surface area contributed by atoms with Crippen molar-refractivity contribution in [2.24, 2.45) is 0 Å². The molecule has 0 N–H and O–H groups in total. The number of nitrogens with zero attached hydrogens (tertiary/aromatic N) is 1. The average Bonchev–Trinajstić information content (AvgIpc) is 2.63. The third kappa shape index (κ3) is 4.71. The van der Waals surface area contributed by atoms with Crippen molar-refractivity contribution < 1.29 is 18.6 Å². The highest BCUT2D eigenvalue weighted by molar-refractivity contribution is 5.35. The highest BCUT2D eigenvalue weighted by Crippen LogP contribution is 2.24. The molecule has 0 radical (unpaired) electrons. The Bertz CT molecular complexity index is 746. The molecule has 0 spiro atoms. The normalized spacial score (nSPS) is 10.2. The van der Waals surface area contributed by atoms with Crippen molar-refractivity contribution in [1.29, 1.82) is 0 Å². The molecule has 0 amide bonds. The van der Waals surface area contributed by atoms with Gasteiger partial charge in [0, 0.05) is 12.3 Å². The summed E-state index contributed by atoms with van der Waals surface area (Å²) in [7, 11) is 0. The van der Waals surface area contributed by atoms with Crippen LogP contribution < -0.4 is 14.2 Å². The summed E-state index contributed by atoms with van der Waals surface area (Å²) in [5.74, 6) is 2.22. The molecule has 0 aliphatic carbocycles. The summed E-state index contributed by atoms with van der Waals surface area (Å²) in [5, 5.41) is 0. The Morgan fingerprint density at radius 3 is 2.00 bits per heavy atom. The second-order valence-electron chi connectivity index (χ2n) is 4.89. The van der Waals surface area contributed by atoms with Crippen LogP contribution in [0.2, 0.25) is 0 Å². The van der Waals surface area contributed by atoms with E-state index < -0.39 is 0 Å². The van der Waals surface area contributed by atoms with Gasteiger partial charge >= 0.3 is 0 Å². The molecule has 1 aromatic heterocycles. The van der Waals surface area contributed by atoms with Gasteiger partial charge in [-0.25, -0.2) is 9.37 Å². The Morgan fingerprint density at radius 1 is 0.708 bits per heavy atom. The molecule has 3 rings (SSSR count). The van der Waals surface area contributed by atoms with Gasteiger partial charge in [0.15, 0.2) is 0 Å². The molecule has 0 fully saturated rings. The van der Waals surface area contributed by atoms with E-state index >= 15 is 0 Å². The van der Waals surface area contributed by atoms with Crippen molar-refractivity contribution in [3.8, 4) is 23.1 Å². The van der Waals surface area contributed by atoms with Crippen LogP contribution >= 0.6 is 0 Å². The summed E-state index contributed by atoms with van der Waals surface area (Å²) in [6.07, 6.45) is 1.68. The van der Waals surface area contributed by atoms with E-state index in [4.69, 9.17) is 14.2 Å². The van der Waals surface area contributed by atoms with Crippen LogP contribution in [0.25, 0.3) is 0 Å². The second-order valence-corrected chi connectivity index (χ2v) is 4.89. The molecule has 4 nitrogen and oxygen atoms in total. The lowest BCUT2D eigenvalue weighted by molar-refractivity contribution is 0.212. The molecule has 24 heavy (non-hydrogen) atoms. The van der Waals surface area contributed by atoms with Crippen LogP contribution in [0.4, 0.5) is 4.39 Å². The van der Waals surface area contributed by atoms with E-state index in [2.05, 4.69) is 4.98 Å². The maximum atomic E-state index is 12.8. The zero-order chi connectivity index (χ0) is 16.6. The molecule has 0 aliphatic rings. The van der Waals surface area contributed by atoms with E-state index in [1.54, 1.807) is 48.7 Å². The summed E-state index contributed by atoms with van der Waals surface area (Å²) in [4.78, 5) is 4.06. The molecule has 2 aromatic carbocycles. The predicted octanol–water partition coefficient (Wildman–Crippen LogP) is 4.47. The van der Waals surface area contributed by atoms with Crippen molar-refractivity contribution in [3.05, 3.63) is 78.7 Å². The van der Waals surface area contributed by atoms with E-state index in [-0.39, 0.29) is 5.82 Å². The van der Waals surface area contributed by atoms with E-state index in [1.807, 2.05) is 12.1 Å². The summed E-state index contributed by atoms with van der Waals surface area (Å²) in [6, 6.07) is 18.5. The topological polar surface area (TPSA) is 40.6 Å². The van der Waals surface area contributed by atoms with Gasteiger partial charge in [0.25, 0.3) is 0 Å². The predicted molar refractivity (Wildman–Crippen MR) is 88.1 cm³/mol. The van der Waals surface area contributed by atoms with Crippen LogP contribution in [0.15, 0.2) is 72.9 Å². The lowest BCUT2D eigenvalue weighted by Gasteiger charge is -2.09. The maximum absolute atomic E-state index is 12.8. The first-order valence-corrected chi connectivity index (χ1v) is 7.50. The molecule has 0 atom stereocenters. The molecule has 122 valence electrons. The molecular formula is C19H16FNO3. The molecule has 5 heteroatoms. The fraction of sp³-hybridized carbons (Fsp3) is 0.105. The zero-order valence-electron chi connectivity index (χ0n) is 12.9. The standard InChI is InChI=1S/C19H16FNO3/c20-15-4-6-17(7-5-15)24-18-10-8-16(9-11-18)22-13-14-23-19-3-1-2-12-21-19/h1-12H,13-14H2. The van der Waals surface area contributed by atoms with Gasteiger partial charge in [-0.2, -0.15) is 0 Å². The van der Waals surface area contributed by atoms with Crippen molar-refractivity contribution >= 4 is 0 Å². The number of rotatable bonds is 7. The van der Waals surface area contributed by atoms with Crippen LogP contribution in [-0.4, -0.2) is 18.2 Å². The van der Waals surface area contributed by atoms with Gasteiger partial charge in [-0.15, -0.1) is 0 Å². The van der Waals surface area contributed by atoms with E-state index in [9.17, 15) is 4.39 Å². The number of hydrogen-bond donors (Lipinski definition) is 0. The van der Waals surface area contributed by atoms with Gasteiger partial charge in [-0.3, -0.25) is 0 Å². The number of pyridine rings is 1. The van der Waals surface area contributed by atoms with E-state index in [0.29, 0.717) is 36.3 Å². The van der Waals surface area contributed by atoms with Gasteiger partial charge in [-0.1, -0.05) is 6.07 Å². The van der Waals surface area contributed by atoms with Gasteiger partial charge in [0.05, 0.1) is 0 Å². The molecule has 0 saturated heterocycles. The van der Waals surface area contributed by atoms with Crippen molar-refractivity contribution in [2.75, 3.05) is 13.2 Å². The number of halogens is 1. The fourth-order valence-electron chi connectivity index (χ4n) is 1.98. The summed E-state index contributed by atoms with van der Waals surface area (Å²) < 4.78 is 29.5. The van der Waals surface area contributed by atoms with Crippen LogP contribution in [0.5, 0.6) is 23.1 Å². The number of hydrogen-bond acceptors (Lipinski definition) is 4. The van der Waals surface area contributed by atoms with Gasteiger partial charge in [0.1, 0.15) is 36.3 Å². The lowest BCUT2D eigenvalue weighted by Crippen LogP contribution is -2.09. The minimum Gasteiger partial charge on any atom is -0.490 e. The van der Waals surface area contributed by atoms with E-state index in [1.165, 1.54) is 12.1 Å². The first-order chi connectivity index (χ1) is 11.8. The summed E-state index contributed by atoms with van der Waals surface area (Å²) >= 11 is 0. The molecule has 0 saturated carbocycles. The molecule has 1 heterocycles. The first kappa shape index (κ1) is 15.8. The largest absolute Gasteiger partial charge is 0.490 e. The highest BCUT2D eigenvalue weighted by Gasteiger charge is 2.00. The lowest BCUT2D eigenvalue weighted by atomic mass is 10.3. The van der Waals surface area contributed by atoms with Crippen LogP contribution in [0.1, 0.15) is 0 Å². The Hall–Kier alpha value is -3.08. The maximum Gasteiger partial charge on any atom is 0.213 e. The average molecular weight is 325 g/mol. The van der Waals surface area contributed by atoms with Crippen molar-refractivity contribution in [3.63, 3.8) is 0 Å². The molecule has 0 unspecified atom stereocenters. The summed E-state index contributed by atoms with van der Waals surface area (Å²) in [6.45, 7) is 0.819. The molecule has 0 bridgehead atoms. The Kier molecular flexibility index (Phi) is 5.24. The number of ether oxygens (including phenoxy) is 3. The molecule has 0 aliphatic heterocycles. The van der Waals surface area contributed by atoms with Crippen LogP contribution in [0.3, 0.4) is 0 Å². The summed E-state index contributed by atoms with van der Waals surface area (Å²) in [5.41, 5.74) is 0. The molecule has 3 aromatic rings. The van der Waals surface area contributed by atoms with E-state index in [0.717, 1.165) is 0 Å². The van der Waals surface area contributed by atoms with Gasteiger partial charge in [0.2, 0.25) is 5.88 Å². The third-order valence-electron chi connectivity index (χ3n) is 3.11. The smallest absolute Gasteiger partial charge is 0.213 e. The van der Waals surface area contributed by atoms with Gasteiger partial charge < -0.3 is 14.2 Å². The Morgan fingerprint density at radius 2 is 1.33 bits per heavy atom. The number of benzene rings is 2. The third-order valence-corrected chi connectivity index (χ3v) is 3.11. The first-order valence-electron chi connectivity index (χ1n) is 7.50. The SMILES string of the molecule is Fc1ccc(Oc2ccc(OCCOc3ccccn3)cc2)cc1.